The smallest absolute Gasteiger partial charge is 0.136 e. The van der Waals surface area contributed by atoms with Crippen LogP contribution in [-0.4, -0.2) is 5.78 Å². The van der Waals surface area contributed by atoms with Gasteiger partial charge in [0.1, 0.15) is 5.78 Å². The maximum absolute atomic E-state index is 11.8. The standard InChI is InChI=1S/C13H20O/c1-9-4-5-11-10(8-9)12(14)6-7-13(11,2)3/h4,10-11H,5-8H2,1-3H3/t10-,11-/m0/s1. The number of rotatable bonds is 0. The average molecular weight is 192 g/mol. The Balaban J connectivity index is 2.27. The van der Waals surface area contributed by atoms with Crippen LogP contribution in [0, 0.1) is 17.3 Å². The number of Topliss-reactive ketones (excluding diaryl/α,β-unsaturated/α-hetero) is 1. The molecule has 1 nitrogen and oxygen atoms in total. The number of fused-ring (bicyclic) bond motifs is 1. The van der Waals surface area contributed by atoms with Gasteiger partial charge in [0.15, 0.2) is 0 Å². The normalized spacial score (nSPS) is 36.2. The molecule has 78 valence electrons. The number of carbonyl (C=O) groups is 1. The molecule has 0 aliphatic heterocycles. The van der Waals surface area contributed by atoms with E-state index in [2.05, 4.69) is 26.8 Å². The van der Waals surface area contributed by atoms with Gasteiger partial charge in [-0.3, -0.25) is 4.79 Å². The van der Waals surface area contributed by atoms with Crippen molar-refractivity contribution in [1.82, 2.24) is 0 Å². The first-order valence-electron chi connectivity index (χ1n) is 5.69. The zero-order valence-corrected chi connectivity index (χ0v) is 9.47. The molecule has 0 radical (unpaired) electrons. The fraction of sp³-hybridized carbons (Fsp3) is 0.769. The highest BCUT2D eigenvalue weighted by molar-refractivity contribution is 5.82. The van der Waals surface area contributed by atoms with E-state index in [0.717, 1.165) is 25.7 Å². The van der Waals surface area contributed by atoms with Crippen molar-refractivity contribution in [3.8, 4) is 0 Å². The van der Waals surface area contributed by atoms with Crippen LogP contribution in [-0.2, 0) is 4.79 Å². The first-order chi connectivity index (χ1) is 6.50. The number of ketones is 1. The Morgan fingerprint density at radius 3 is 2.86 bits per heavy atom. The Morgan fingerprint density at radius 2 is 2.14 bits per heavy atom. The summed E-state index contributed by atoms with van der Waals surface area (Å²) in [6, 6.07) is 0. The first-order valence-corrected chi connectivity index (χ1v) is 5.69. The topological polar surface area (TPSA) is 17.1 Å². The summed E-state index contributed by atoms with van der Waals surface area (Å²) in [5, 5.41) is 0. The quantitative estimate of drug-likeness (QED) is 0.538. The molecule has 14 heavy (non-hydrogen) atoms. The molecular formula is C13H20O. The molecule has 0 amide bonds. The van der Waals surface area contributed by atoms with Gasteiger partial charge < -0.3 is 0 Å². The largest absolute Gasteiger partial charge is 0.299 e. The molecule has 2 aliphatic carbocycles. The van der Waals surface area contributed by atoms with E-state index in [-0.39, 0.29) is 0 Å². The lowest BCUT2D eigenvalue weighted by atomic mass is 9.59. The van der Waals surface area contributed by atoms with Crippen molar-refractivity contribution in [3.05, 3.63) is 11.6 Å². The van der Waals surface area contributed by atoms with Crippen molar-refractivity contribution in [2.45, 2.75) is 46.5 Å². The fourth-order valence-corrected chi connectivity index (χ4v) is 3.08. The van der Waals surface area contributed by atoms with Gasteiger partial charge in [0, 0.05) is 12.3 Å². The maximum atomic E-state index is 11.8. The molecule has 0 heterocycles. The van der Waals surface area contributed by atoms with Gasteiger partial charge in [-0.05, 0) is 37.5 Å². The van der Waals surface area contributed by atoms with Crippen molar-refractivity contribution >= 4 is 5.78 Å². The van der Waals surface area contributed by atoms with Crippen LogP contribution in [0.2, 0.25) is 0 Å². The summed E-state index contributed by atoms with van der Waals surface area (Å²) in [5.74, 6) is 1.46. The Kier molecular flexibility index (Phi) is 2.29. The molecule has 0 aromatic carbocycles. The molecule has 0 aromatic rings. The van der Waals surface area contributed by atoms with Crippen molar-refractivity contribution in [3.63, 3.8) is 0 Å². The van der Waals surface area contributed by atoms with Crippen LogP contribution in [0.25, 0.3) is 0 Å². The monoisotopic (exact) mass is 192 g/mol. The highest BCUT2D eigenvalue weighted by Crippen LogP contribution is 2.48. The summed E-state index contributed by atoms with van der Waals surface area (Å²) in [5.41, 5.74) is 1.78. The van der Waals surface area contributed by atoms with Gasteiger partial charge in [0.25, 0.3) is 0 Å². The Hall–Kier alpha value is -0.590. The summed E-state index contributed by atoms with van der Waals surface area (Å²) >= 11 is 0. The van der Waals surface area contributed by atoms with E-state index in [0.29, 0.717) is 23.0 Å². The van der Waals surface area contributed by atoms with Gasteiger partial charge in [0.2, 0.25) is 0 Å². The van der Waals surface area contributed by atoms with Crippen LogP contribution in [0.3, 0.4) is 0 Å². The third-order valence-electron chi connectivity index (χ3n) is 4.18. The third kappa shape index (κ3) is 1.53. The Bertz CT molecular complexity index is 286. The highest BCUT2D eigenvalue weighted by Gasteiger charge is 2.43. The highest BCUT2D eigenvalue weighted by atomic mass is 16.1. The van der Waals surface area contributed by atoms with Gasteiger partial charge in [-0.15, -0.1) is 0 Å². The molecule has 0 spiro atoms. The van der Waals surface area contributed by atoms with Crippen LogP contribution >= 0.6 is 0 Å². The SMILES string of the molecule is CC1=CC[C@H]2[C@H](C1)C(=O)CCC2(C)C. The van der Waals surface area contributed by atoms with Crippen LogP contribution in [0.5, 0.6) is 0 Å². The number of allylic oxidation sites excluding steroid dienone is 2. The summed E-state index contributed by atoms with van der Waals surface area (Å²) in [6.45, 7) is 6.81. The molecule has 0 unspecified atom stereocenters. The average Bonchev–Trinajstić information content (AvgIpc) is 2.12. The van der Waals surface area contributed by atoms with Gasteiger partial charge in [-0.2, -0.15) is 0 Å². The fourth-order valence-electron chi connectivity index (χ4n) is 3.08. The Labute approximate surface area is 86.6 Å². The molecular weight excluding hydrogens is 172 g/mol. The van der Waals surface area contributed by atoms with E-state index in [9.17, 15) is 4.79 Å². The van der Waals surface area contributed by atoms with Crippen molar-refractivity contribution in [1.29, 1.82) is 0 Å². The lowest BCUT2D eigenvalue weighted by molar-refractivity contribution is -0.131. The minimum atomic E-state index is 0.337. The van der Waals surface area contributed by atoms with Crippen molar-refractivity contribution in [2.24, 2.45) is 17.3 Å². The van der Waals surface area contributed by atoms with E-state index in [4.69, 9.17) is 0 Å². The minimum Gasteiger partial charge on any atom is -0.299 e. The summed E-state index contributed by atoms with van der Waals surface area (Å²) in [7, 11) is 0. The summed E-state index contributed by atoms with van der Waals surface area (Å²) in [6.07, 6.45) is 6.37. The van der Waals surface area contributed by atoms with Gasteiger partial charge in [-0.25, -0.2) is 0 Å². The van der Waals surface area contributed by atoms with Crippen molar-refractivity contribution in [2.75, 3.05) is 0 Å². The number of carbonyl (C=O) groups excluding carboxylic acids is 1. The molecule has 0 bridgehead atoms. The molecule has 1 heteroatoms. The number of hydrogen-bond donors (Lipinski definition) is 0. The molecule has 2 rings (SSSR count). The van der Waals surface area contributed by atoms with Crippen LogP contribution in [0.1, 0.15) is 46.5 Å². The Morgan fingerprint density at radius 1 is 1.43 bits per heavy atom. The number of hydrogen-bond acceptors (Lipinski definition) is 1. The van der Waals surface area contributed by atoms with Crippen molar-refractivity contribution < 1.29 is 4.79 Å². The molecule has 0 N–H and O–H groups in total. The van der Waals surface area contributed by atoms with Crippen LogP contribution in [0.15, 0.2) is 11.6 Å². The third-order valence-corrected chi connectivity index (χ3v) is 4.18. The maximum Gasteiger partial charge on any atom is 0.136 e. The van der Waals surface area contributed by atoms with Gasteiger partial charge >= 0.3 is 0 Å². The second-order valence-corrected chi connectivity index (χ2v) is 5.66. The molecule has 0 aromatic heterocycles. The predicted octanol–water partition coefficient (Wildman–Crippen LogP) is 3.35. The van der Waals surface area contributed by atoms with E-state index in [1.54, 1.807) is 0 Å². The van der Waals surface area contributed by atoms with E-state index < -0.39 is 0 Å². The molecule has 2 atom stereocenters. The zero-order valence-electron chi connectivity index (χ0n) is 9.47. The van der Waals surface area contributed by atoms with Crippen LogP contribution < -0.4 is 0 Å². The summed E-state index contributed by atoms with van der Waals surface area (Å²) in [4.78, 5) is 11.8. The van der Waals surface area contributed by atoms with E-state index >= 15 is 0 Å². The van der Waals surface area contributed by atoms with E-state index in [1.807, 2.05) is 0 Å². The zero-order chi connectivity index (χ0) is 10.3. The molecule has 1 saturated carbocycles. The lowest BCUT2D eigenvalue weighted by Gasteiger charge is -2.45. The van der Waals surface area contributed by atoms with Crippen LogP contribution in [0.4, 0.5) is 0 Å². The molecule has 2 aliphatic rings. The van der Waals surface area contributed by atoms with E-state index in [1.165, 1.54) is 5.57 Å². The first kappa shape index (κ1) is 9.95. The lowest BCUT2D eigenvalue weighted by Crippen LogP contribution is -2.41. The van der Waals surface area contributed by atoms with Gasteiger partial charge in [0.05, 0.1) is 0 Å². The minimum absolute atomic E-state index is 0.337. The van der Waals surface area contributed by atoms with Gasteiger partial charge in [-0.1, -0.05) is 25.5 Å². The second-order valence-electron chi connectivity index (χ2n) is 5.66. The predicted molar refractivity (Wildman–Crippen MR) is 58.0 cm³/mol. The molecule has 1 fully saturated rings. The second kappa shape index (κ2) is 3.22. The summed E-state index contributed by atoms with van der Waals surface area (Å²) < 4.78 is 0. The molecule has 0 saturated heterocycles.